The first-order valence-electron chi connectivity index (χ1n) is 6.33. The quantitative estimate of drug-likeness (QED) is 0.938. The molecule has 0 spiro atoms. The number of fused-ring (bicyclic) bond motifs is 1. The number of benzene rings is 1. The Morgan fingerprint density at radius 2 is 2.10 bits per heavy atom. The van der Waals surface area contributed by atoms with Gasteiger partial charge in [-0.05, 0) is 49.1 Å². The van der Waals surface area contributed by atoms with Gasteiger partial charge in [-0.3, -0.25) is 0 Å². The van der Waals surface area contributed by atoms with Gasteiger partial charge < -0.3 is 5.11 Å². The molecule has 0 unspecified atom stereocenters. The van der Waals surface area contributed by atoms with Crippen molar-refractivity contribution in [2.75, 3.05) is 0 Å². The lowest BCUT2D eigenvalue weighted by atomic mass is 10.2. The summed E-state index contributed by atoms with van der Waals surface area (Å²) in [6, 6.07) is 7.67. The van der Waals surface area contributed by atoms with E-state index in [1.165, 1.54) is 23.8 Å². The number of carboxylic acids is 1. The molecule has 0 amide bonds. The second-order valence-electron chi connectivity index (χ2n) is 4.66. The minimum Gasteiger partial charge on any atom is -0.478 e. The normalized spacial score (nSPS) is 13.2. The molecule has 5 heteroatoms. The topological polar surface area (TPSA) is 50.2 Å². The summed E-state index contributed by atoms with van der Waals surface area (Å²) in [5.74, 6) is -1.49. The number of nitrogens with zero attached hydrogens (tertiary/aromatic N) is 1. The van der Waals surface area contributed by atoms with E-state index in [9.17, 15) is 9.18 Å². The van der Waals surface area contributed by atoms with Crippen molar-refractivity contribution in [1.82, 2.24) is 4.98 Å². The monoisotopic (exact) mass is 289 g/mol. The average molecular weight is 289 g/mol. The van der Waals surface area contributed by atoms with Gasteiger partial charge in [0.15, 0.2) is 0 Å². The van der Waals surface area contributed by atoms with Crippen LogP contribution >= 0.6 is 11.8 Å². The van der Waals surface area contributed by atoms with Crippen LogP contribution < -0.4 is 0 Å². The fraction of sp³-hybridized carbons (Fsp3) is 0.200. The molecule has 1 N–H and O–H groups in total. The van der Waals surface area contributed by atoms with Gasteiger partial charge in [-0.15, -0.1) is 0 Å². The minimum absolute atomic E-state index is 0.0788. The molecule has 0 aliphatic heterocycles. The Kier molecular flexibility index (Phi) is 3.44. The van der Waals surface area contributed by atoms with Crippen LogP contribution in [0.25, 0.3) is 0 Å². The number of rotatable bonds is 3. The van der Waals surface area contributed by atoms with Gasteiger partial charge in [-0.1, -0.05) is 17.8 Å². The number of halogens is 1. The van der Waals surface area contributed by atoms with Crippen molar-refractivity contribution in [2.24, 2.45) is 0 Å². The van der Waals surface area contributed by atoms with Gasteiger partial charge in [-0.25, -0.2) is 14.2 Å². The SMILES string of the molecule is O=C(O)c1ccc(F)c(Sc2ccc3c(n2)CCC3)c1. The molecular formula is C15H12FNO2S. The van der Waals surface area contributed by atoms with E-state index in [0.29, 0.717) is 5.03 Å². The number of carboxylic acid groups (broad SMARTS) is 1. The highest BCUT2D eigenvalue weighted by molar-refractivity contribution is 7.99. The molecule has 20 heavy (non-hydrogen) atoms. The first-order valence-corrected chi connectivity index (χ1v) is 7.14. The number of carbonyl (C=O) groups is 1. The van der Waals surface area contributed by atoms with Gasteiger partial charge >= 0.3 is 5.97 Å². The summed E-state index contributed by atoms with van der Waals surface area (Å²) < 4.78 is 13.8. The molecule has 102 valence electrons. The second-order valence-corrected chi connectivity index (χ2v) is 5.72. The molecule has 3 nitrogen and oxygen atoms in total. The Balaban J connectivity index is 1.91. The van der Waals surface area contributed by atoms with Gasteiger partial charge in [-0.2, -0.15) is 0 Å². The summed E-state index contributed by atoms with van der Waals surface area (Å²) in [5.41, 5.74) is 2.41. The van der Waals surface area contributed by atoms with E-state index in [0.717, 1.165) is 36.7 Å². The molecule has 1 aliphatic rings. The number of pyridine rings is 1. The Morgan fingerprint density at radius 3 is 2.90 bits per heavy atom. The molecule has 0 radical (unpaired) electrons. The van der Waals surface area contributed by atoms with Crippen LogP contribution in [0.1, 0.15) is 28.0 Å². The predicted octanol–water partition coefficient (Wildman–Crippen LogP) is 3.56. The van der Waals surface area contributed by atoms with Crippen LogP contribution in [0.3, 0.4) is 0 Å². The number of aromatic nitrogens is 1. The van der Waals surface area contributed by atoms with Crippen molar-refractivity contribution >= 4 is 17.7 Å². The van der Waals surface area contributed by atoms with Crippen LogP contribution in [-0.2, 0) is 12.8 Å². The zero-order valence-corrected chi connectivity index (χ0v) is 11.4. The number of hydrogen-bond acceptors (Lipinski definition) is 3. The molecule has 0 saturated carbocycles. The highest BCUT2D eigenvalue weighted by atomic mass is 32.2. The van der Waals surface area contributed by atoms with Crippen molar-refractivity contribution in [2.45, 2.75) is 29.2 Å². The van der Waals surface area contributed by atoms with E-state index < -0.39 is 11.8 Å². The summed E-state index contributed by atoms with van der Waals surface area (Å²) in [4.78, 5) is 15.7. The van der Waals surface area contributed by atoms with Crippen molar-refractivity contribution in [3.05, 3.63) is 53.0 Å². The lowest BCUT2D eigenvalue weighted by Crippen LogP contribution is -1.97. The largest absolute Gasteiger partial charge is 0.478 e. The lowest BCUT2D eigenvalue weighted by molar-refractivity contribution is 0.0696. The first kappa shape index (κ1) is 13.1. The fourth-order valence-corrected chi connectivity index (χ4v) is 3.15. The molecule has 2 aromatic rings. The van der Waals surface area contributed by atoms with Crippen LogP contribution in [0, 0.1) is 5.82 Å². The van der Waals surface area contributed by atoms with E-state index in [2.05, 4.69) is 4.98 Å². The third kappa shape index (κ3) is 2.54. The van der Waals surface area contributed by atoms with Gasteiger partial charge in [0.05, 0.1) is 10.5 Å². The van der Waals surface area contributed by atoms with Gasteiger partial charge in [0.25, 0.3) is 0 Å². The van der Waals surface area contributed by atoms with Crippen LogP contribution in [0.2, 0.25) is 0 Å². The van der Waals surface area contributed by atoms with E-state index in [-0.39, 0.29) is 10.5 Å². The smallest absolute Gasteiger partial charge is 0.335 e. The highest BCUT2D eigenvalue weighted by Gasteiger charge is 2.14. The fourth-order valence-electron chi connectivity index (χ4n) is 2.28. The van der Waals surface area contributed by atoms with Crippen molar-refractivity contribution in [3.63, 3.8) is 0 Å². The molecule has 0 fully saturated rings. The van der Waals surface area contributed by atoms with E-state index in [4.69, 9.17) is 5.11 Å². The van der Waals surface area contributed by atoms with Gasteiger partial charge in [0, 0.05) is 5.69 Å². The molecule has 0 bridgehead atoms. The maximum Gasteiger partial charge on any atom is 0.335 e. The Labute approximate surface area is 119 Å². The minimum atomic E-state index is -1.06. The first-order chi connectivity index (χ1) is 9.63. The molecule has 3 rings (SSSR count). The zero-order valence-electron chi connectivity index (χ0n) is 10.6. The van der Waals surface area contributed by atoms with Crippen LogP contribution in [0.15, 0.2) is 40.3 Å². The van der Waals surface area contributed by atoms with Crippen LogP contribution in [-0.4, -0.2) is 16.1 Å². The zero-order chi connectivity index (χ0) is 14.1. The summed E-state index contributed by atoms with van der Waals surface area (Å²) in [5, 5.41) is 9.65. The molecular weight excluding hydrogens is 277 g/mol. The maximum atomic E-state index is 13.8. The van der Waals surface area contributed by atoms with Crippen LogP contribution in [0.5, 0.6) is 0 Å². The third-order valence-electron chi connectivity index (χ3n) is 3.30. The van der Waals surface area contributed by atoms with Gasteiger partial charge in [0.2, 0.25) is 0 Å². The van der Waals surface area contributed by atoms with Crippen molar-refractivity contribution in [1.29, 1.82) is 0 Å². The van der Waals surface area contributed by atoms with Crippen LogP contribution in [0.4, 0.5) is 4.39 Å². The van der Waals surface area contributed by atoms with E-state index in [1.807, 2.05) is 12.1 Å². The Hall–Kier alpha value is -1.88. The molecule has 0 saturated heterocycles. The molecule has 1 aliphatic carbocycles. The highest BCUT2D eigenvalue weighted by Crippen LogP contribution is 2.31. The molecule has 1 aromatic heterocycles. The maximum absolute atomic E-state index is 13.8. The van der Waals surface area contributed by atoms with E-state index in [1.54, 1.807) is 0 Å². The second kappa shape index (κ2) is 5.25. The predicted molar refractivity (Wildman–Crippen MR) is 73.7 cm³/mol. The summed E-state index contributed by atoms with van der Waals surface area (Å²) in [6.45, 7) is 0. The molecule has 1 heterocycles. The summed E-state index contributed by atoms with van der Waals surface area (Å²) in [6.07, 6.45) is 3.12. The van der Waals surface area contributed by atoms with E-state index >= 15 is 0 Å². The van der Waals surface area contributed by atoms with Crippen molar-refractivity contribution < 1.29 is 14.3 Å². The average Bonchev–Trinajstić information content (AvgIpc) is 2.88. The third-order valence-corrected chi connectivity index (χ3v) is 4.26. The summed E-state index contributed by atoms with van der Waals surface area (Å²) >= 11 is 1.16. The standard InChI is InChI=1S/C15H12FNO2S/c16-11-6-4-10(15(18)19)8-13(11)20-14-7-5-9-2-1-3-12(9)17-14/h4-8H,1-3H2,(H,18,19). The summed E-state index contributed by atoms with van der Waals surface area (Å²) in [7, 11) is 0. The number of aryl methyl sites for hydroxylation is 2. The lowest BCUT2D eigenvalue weighted by Gasteiger charge is -2.06. The molecule has 0 atom stereocenters. The molecule has 1 aromatic carbocycles. The number of aromatic carboxylic acids is 1. The Morgan fingerprint density at radius 1 is 1.25 bits per heavy atom. The van der Waals surface area contributed by atoms with Gasteiger partial charge in [0.1, 0.15) is 10.8 Å². The number of hydrogen-bond donors (Lipinski definition) is 1. The van der Waals surface area contributed by atoms with Crippen molar-refractivity contribution in [3.8, 4) is 0 Å². The Bertz CT molecular complexity index is 688.